The van der Waals surface area contributed by atoms with E-state index in [2.05, 4.69) is 10.1 Å². The minimum atomic E-state index is -0.331. The number of hydrogen-bond donors (Lipinski definition) is 0. The molecule has 0 atom stereocenters. The molecule has 2 aromatic carbocycles. The number of carbonyl (C=O) groups is 1. The van der Waals surface area contributed by atoms with Crippen LogP contribution in [0, 0.1) is 0 Å². The highest BCUT2D eigenvalue weighted by molar-refractivity contribution is 6.31. The van der Waals surface area contributed by atoms with Gasteiger partial charge in [-0.1, -0.05) is 35.9 Å². The van der Waals surface area contributed by atoms with Crippen LogP contribution in [-0.4, -0.2) is 34.8 Å². The lowest BCUT2D eigenvalue weighted by Crippen LogP contribution is -2.35. The summed E-state index contributed by atoms with van der Waals surface area (Å²) in [7, 11) is 3.13. The Morgan fingerprint density at radius 3 is 2.62 bits per heavy atom. The molecule has 8 heteroatoms. The van der Waals surface area contributed by atoms with Gasteiger partial charge in [0.05, 0.1) is 23.9 Å². The molecule has 0 radical (unpaired) electrons. The van der Waals surface area contributed by atoms with E-state index in [1.165, 1.54) is 16.7 Å². The van der Waals surface area contributed by atoms with Crippen LogP contribution in [0.3, 0.4) is 0 Å². The van der Waals surface area contributed by atoms with Gasteiger partial charge in [0.25, 0.3) is 5.56 Å². The number of rotatable bonds is 6. The zero-order valence-electron chi connectivity index (χ0n) is 17.7. The van der Waals surface area contributed by atoms with Gasteiger partial charge in [0.15, 0.2) is 0 Å². The fourth-order valence-corrected chi connectivity index (χ4v) is 3.70. The summed E-state index contributed by atoms with van der Waals surface area (Å²) in [5, 5.41) is 6.29. The number of ether oxygens (including phenoxy) is 1. The Balaban J connectivity index is 1.71. The van der Waals surface area contributed by atoms with Crippen LogP contribution in [0.25, 0.3) is 10.8 Å². The molecule has 4 aromatic rings. The molecule has 0 aliphatic carbocycles. The molecule has 0 aliphatic heterocycles. The summed E-state index contributed by atoms with van der Waals surface area (Å²) in [4.78, 5) is 31.7. The van der Waals surface area contributed by atoms with Crippen molar-refractivity contribution >= 4 is 34.0 Å². The molecule has 0 saturated heterocycles. The lowest BCUT2D eigenvalue weighted by Gasteiger charge is -2.21. The largest absolute Gasteiger partial charge is 0.495 e. The number of hydrogen-bond acceptors (Lipinski definition) is 5. The summed E-state index contributed by atoms with van der Waals surface area (Å²) in [5.41, 5.74) is 1.84. The average Bonchev–Trinajstić information content (AvgIpc) is 2.82. The number of benzene rings is 2. The smallest absolute Gasteiger partial charge is 0.275 e. The molecule has 2 aromatic heterocycles. The van der Waals surface area contributed by atoms with E-state index in [1.807, 2.05) is 24.3 Å². The number of nitrogens with zero attached hydrogens (tertiary/aromatic N) is 4. The number of aromatic nitrogens is 3. The molecule has 0 saturated carbocycles. The number of amides is 1. The lowest BCUT2D eigenvalue weighted by molar-refractivity contribution is -0.119. The summed E-state index contributed by atoms with van der Waals surface area (Å²) < 4.78 is 6.56. The van der Waals surface area contributed by atoms with Gasteiger partial charge >= 0.3 is 0 Å². The predicted molar refractivity (Wildman–Crippen MR) is 124 cm³/mol. The van der Waals surface area contributed by atoms with Crippen molar-refractivity contribution in [3.8, 4) is 5.75 Å². The van der Waals surface area contributed by atoms with E-state index in [-0.39, 0.29) is 18.0 Å². The van der Waals surface area contributed by atoms with Crippen molar-refractivity contribution in [1.29, 1.82) is 0 Å². The monoisotopic (exact) mass is 448 g/mol. The van der Waals surface area contributed by atoms with Crippen LogP contribution in [0.4, 0.5) is 5.69 Å². The van der Waals surface area contributed by atoms with E-state index in [1.54, 1.807) is 49.8 Å². The van der Waals surface area contributed by atoms with Gasteiger partial charge < -0.3 is 9.64 Å². The van der Waals surface area contributed by atoms with Gasteiger partial charge in [-0.2, -0.15) is 5.10 Å². The molecule has 0 aliphatic rings. The summed E-state index contributed by atoms with van der Waals surface area (Å²) in [6.45, 7) is -0.226. The van der Waals surface area contributed by atoms with Gasteiger partial charge in [0.2, 0.25) is 5.91 Å². The van der Waals surface area contributed by atoms with Crippen LogP contribution in [0.15, 0.2) is 71.8 Å². The van der Waals surface area contributed by atoms with Crippen LogP contribution in [0.2, 0.25) is 5.02 Å². The van der Waals surface area contributed by atoms with Crippen LogP contribution in [0.1, 0.15) is 11.3 Å². The summed E-state index contributed by atoms with van der Waals surface area (Å²) in [5.74, 6) is 0.170. The topological polar surface area (TPSA) is 77.3 Å². The van der Waals surface area contributed by atoms with Crippen molar-refractivity contribution in [2.24, 2.45) is 0 Å². The zero-order valence-corrected chi connectivity index (χ0v) is 18.4. The van der Waals surface area contributed by atoms with E-state index in [0.717, 1.165) is 10.9 Å². The molecule has 0 N–H and O–H groups in total. The maximum absolute atomic E-state index is 13.1. The fraction of sp³-hybridized carbons (Fsp3) is 0.167. The third-order valence-corrected chi connectivity index (χ3v) is 5.44. The average molecular weight is 449 g/mol. The fourth-order valence-electron chi connectivity index (χ4n) is 3.53. The molecule has 0 fully saturated rings. The number of anilines is 1. The molecular formula is C24H21ClN4O3. The maximum Gasteiger partial charge on any atom is 0.275 e. The Morgan fingerprint density at radius 1 is 1.12 bits per heavy atom. The van der Waals surface area contributed by atoms with E-state index < -0.39 is 0 Å². The Hall–Kier alpha value is -3.71. The molecule has 0 spiro atoms. The second-order valence-electron chi connectivity index (χ2n) is 7.26. The first kappa shape index (κ1) is 21.5. The first-order valence-corrected chi connectivity index (χ1v) is 10.3. The van der Waals surface area contributed by atoms with Crippen LogP contribution >= 0.6 is 11.6 Å². The number of methoxy groups -OCH3 is 1. The molecular weight excluding hydrogens is 428 g/mol. The molecule has 0 unspecified atom stereocenters. The third kappa shape index (κ3) is 4.33. The quantitative estimate of drug-likeness (QED) is 0.449. The normalized spacial score (nSPS) is 10.8. The number of carbonyl (C=O) groups excluding carboxylic acids is 1. The third-order valence-electron chi connectivity index (χ3n) is 5.20. The van der Waals surface area contributed by atoms with Gasteiger partial charge in [0, 0.05) is 36.3 Å². The lowest BCUT2D eigenvalue weighted by atomic mass is 10.1. The van der Waals surface area contributed by atoms with Crippen molar-refractivity contribution in [3.05, 3.63) is 93.6 Å². The van der Waals surface area contributed by atoms with Gasteiger partial charge in [-0.3, -0.25) is 14.6 Å². The van der Waals surface area contributed by atoms with Crippen molar-refractivity contribution in [2.45, 2.75) is 13.0 Å². The zero-order chi connectivity index (χ0) is 22.7. The minimum Gasteiger partial charge on any atom is -0.495 e. The number of likely N-dealkylation sites (N-methyl/N-ethyl adjacent to an activating group) is 1. The molecule has 7 nitrogen and oxygen atoms in total. The summed E-state index contributed by atoms with van der Waals surface area (Å²) in [6.07, 6.45) is 3.95. The van der Waals surface area contributed by atoms with E-state index in [0.29, 0.717) is 34.0 Å². The molecule has 4 rings (SSSR count). The van der Waals surface area contributed by atoms with Gasteiger partial charge in [-0.05, 0) is 35.9 Å². The van der Waals surface area contributed by atoms with Crippen molar-refractivity contribution in [3.63, 3.8) is 0 Å². The second kappa shape index (κ2) is 9.20. The second-order valence-corrected chi connectivity index (χ2v) is 7.70. The maximum atomic E-state index is 13.1. The van der Waals surface area contributed by atoms with E-state index in [9.17, 15) is 9.59 Å². The van der Waals surface area contributed by atoms with Gasteiger partial charge in [0.1, 0.15) is 12.3 Å². The number of fused-ring (bicyclic) bond motifs is 1. The Labute approximate surface area is 189 Å². The van der Waals surface area contributed by atoms with Gasteiger partial charge in [-0.15, -0.1) is 0 Å². The van der Waals surface area contributed by atoms with Gasteiger partial charge in [-0.25, -0.2) is 4.68 Å². The number of halogens is 1. The Morgan fingerprint density at radius 2 is 1.91 bits per heavy atom. The first-order valence-electron chi connectivity index (χ1n) is 9.95. The predicted octanol–water partition coefficient (Wildman–Crippen LogP) is 3.71. The first-order chi connectivity index (χ1) is 15.5. The highest BCUT2D eigenvalue weighted by atomic mass is 35.5. The molecule has 162 valence electrons. The summed E-state index contributed by atoms with van der Waals surface area (Å²) >= 11 is 6.10. The van der Waals surface area contributed by atoms with Crippen LogP contribution in [-0.2, 0) is 17.8 Å². The molecule has 0 bridgehead atoms. The Bertz CT molecular complexity index is 1340. The number of pyridine rings is 1. The highest BCUT2D eigenvalue weighted by Crippen LogP contribution is 2.30. The van der Waals surface area contributed by atoms with Crippen molar-refractivity contribution < 1.29 is 9.53 Å². The van der Waals surface area contributed by atoms with E-state index >= 15 is 0 Å². The molecule has 32 heavy (non-hydrogen) atoms. The minimum absolute atomic E-state index is 0.226. The molecule has 1 amide bonds. The Kier molecular flexibility index (Phi) is 6.18. The van der Waals surface area contributed by atoms with Crippen molar-refractivity contribution in [1.82, 2.24) is 14.8 Å². The SMILES string of the molecule is COc1ccc(Cl)cc1N(C)C(=O)Cn1nc(Cc2cccnc2)c2ccccc2c1=O. The highest BCUT2D eigenvalue weighted by Gasteiger charge is 2.19. The molecule has 2 heterocycles. The van der Waals surface area contributed by atoms with Crippen LogP contribution in [0.5, 0.6) is 5.75 Å². The standard InChI is InChI=1S/C24H21ClN4O3/c1-28(21-13-17(25)9-10-22(21)32-2)23(30)15-29-24(31)19-8-4-3-7-18(19)20(27-29)12-16-6-5-11-26-14-16/h3-11,13-14H,12,15H2,1-2H3. The van der Waals surface area contributed by atoms with Crippen LogP contribution < -0.4 is 15.2 Å². The van der Waals surface area contributed by atoms with Crippen molar-refractivity contribution in [2.75, 3.05) is 19.1 Å². The van der Waals surface area contributed by atoms with E-state index in [4.69, 9.17) is 16.3 Å². The summed E-state index contributed by atoms with van der Waals surface area (Å²) in [6, 6.07) is 16.1.